The molecule has 2 aromatic heterocycles. The van der Waals surface area contributed by atoms with Crippen LogP contribution in [-0.4, -0.2) is 40.0 Å². The first-order chi connectivity index (χ1) is 12.0. The van der Waals surface area contributed by atoms with Gasteiger partial charge in [-0.25, -0.2) is 4.40 Å². The van der Waals surface area contributed by atoms with Crippen LogP contribution in [0.3, 0.4) is 0 Å². The minimum atomic E-state index is -0.474. The number of Topliss-reactive ketones (excluding diaryl/α,β-unsaturated/α-hetero) is 1. The van der Waals surface area contributed by atoms with Crippen LogP contribution in [0.5, 0.6) is 0 Å². The zero-order valence-corrected chi connectivity index (χ0v) is 15.2. The van der Waals surface area contributed by atoms with Crippen molar-refractivity contribution in [2.75, 3.05) is 26.2 Å². The zero-order valence-electron chi connectivity index (χ0n) is 13.6. The Bertz CT molecular complexity index is 990. The molecule has 0 unspecified atom stereocenters. The van der Waals surface area contributed by atoms with E-state index in [0.717, 1.165) is 11.5 Å². The van der Waals surface area contributed by atoms with E-state index < -0.39 is 5.56 Å². The Morgan fingerprint density at radius 3 is 2.44 bits per heavy atom. The van der Waals surface area contributed by atoms with Crippen LogP contribution in [0, 0.1) is 0 Å². The number of fused-ring (bicyclic) bond motifs is 1. The molecular weight excluding hydrogens is 364 g/mol. The molecule has 0 radical (unpaired) electrons. The molecule has 1 aliphatic rings. The second-order valence-corrected chi connectivity index (χ2v) is 6.41. The Hall–Kier alpha value is -2.59. The third-order valence-corrected chi connectivity index (χ3v) is 4.96. The van der Waals surface area contributed by atoms with Gasteiger partial charge in [-0.05, 0) is 30.1 Å². The Labute approximate surface area is 150 Å². The van der Waals surface area contributed by atoms with Crippen molar-refractivity contribution in [2.45, 2.75) is 5.16 Å². The molecule has 0 spiro atoms. The number of methoxy groups -OCH3 is 2. The quantitative estimate of drug-likeness (QED) is 0.797. The van der Waals surface area contributed by atoms with Crippen molar-refractivity contribution in [1.29, 1.82) is 0 Å². The number of aromatic nitrogens is 3. The lowest BCUT2D eigenvalue weighted by molar-refractivity contribution is -0.117. The number of nitrogens with zero attached hydrogens (tertiary/aromatic N) is 3. The first kappa shape index (κ1) is 17.2. The molecule has 0 saturated carbocycles. The highest BCUT2D eigenvalue weighted by atomic mass is 32.2. The summed E-state index contributed by atoms with van der Waals surface area (Å²) >= 11 is 2.50. The topological polar surface area (TPSA) is 109 Å². The molecule has 0 fully saturated rings. The van der Waals surface area contributed by atoms with Crippen molar-refractivity contribution in [3.8, 4) is 0 Å². The number of rotatable bonds is 4. The molecular formula is C15H14N4O4S2. The Morgan fingerprint density at radius 1 is 1.24 bits per heavy atom. The lowest BCUT2D eigenvalue weighted by atomic mass is 10.0. The molecule has 2 N–H and O–H groups in total. The van der Waals surface area contributed by atoms with Crippen LogP contribution in [-0.2, 0) is 14.3 Å². The van der Waals surface area contributed by atoms with Crippen LogP contribution < -0.4 is 11.3 Å². The number of anilines is 1. The summed E-state index contributed by atoms with van der Waals surface area (Å²) in [4.78, 5) is 28.8. The SMILES string of the molecule is COC1=CC(=Cc2c(N)n3c(SC)nsc3nc2=O)C=C(OC)C1=O. The van der Waals surface area contributed by atoms with E-state index in [2.05, 4.69) is 9.36 Å². The average Bonchev–Trinajstić information content (AvgIpc) is 3.02. The summed E-state index contributed by atoms with van der Waals surface area (Å²) in [6, 6.07) is 0. The highest BCUT2D eigenvalue weighted by molar-refractivity contribution is 7.98. The Morgan fingerprint density at radius 2 is 1.88 bits per heavy atom. The van der Waals surface area contributed by atoms with Crippen LogP contribution in [0.4, 0.5) is 5.82 Å². The van der Waals surface area contributed by atoms with E-state index in [0.29, 0.717) is 15.7 Å². The van der Waals surface area contributed by atoms with Crippen molar-refractivity contribution in [1.82, 2.24) is 13.8 Å². The van der Waals surface area contributed by atoms with Gasteiger partial charge in [-0.2, -0.15) is 9.36 Å². The summed E-state index contributed by atoms with van der Waals surface area (Å²) in [5.41, 5.74) is 6.45. The Kier molecular flexibility index (Phi) is 4.64. The van der Waals surface area contributed by atoms with Crippen LogP contribution >= 0.6 is 23.3 Å². The smallest absolute Gasteiger partial charge is 0.283 e. The number of hydrogen-bond donors (Lipinski definition) is 1. The third kappa shape index (κ3) is 2.94. The second kappa shape index (κ2) is 6.73. The highest BCUT2D eigenvalue weighted by Crippen LogP contribution is 2.25. The van der Waals surface area contributed by atoms with Gasteiger partial charge in [0, 0.05) is 11.5 Å². The van der Waals surface area contributed by atoms with Gasteiger partial charge >= 0.3 is 0 Å². The predicted octanol–water partition coefficient (Wildman–Crippen LogP) is 1.48. The summed E-state index contributed by atoms with van der Waals surface area (Å²) in [7, 11) is 2.77. The second-order valence-electron chi connectivity index (χ2n) is 4.90. The summed E-state index contributed by atoms with van der Waals surface area (Å²) in [5.74, 6) is 0.0879. The van der Waals surface area contributed by atoms with Crippen molar-refractivity contribution in [2.24, 2.45) is 0 Å². The van der Waals surface area contributed by atoms with Crippen molar-refractivity contribution < 1.29 is 14.3 Å². The molecule has 0 aromatic carbocycles. The summed E-state index contributed by atoms with van der Waals surface area (Å²) in [6.45, 7) is 0. The summed E-state index contributed by atoms with van der Waals surface area (Å²) in [5, 5.41) is 0.643. The van der Waals surface area contributed by atoms with Crippen molar-refractivity contribution in [3.05, 3.63) is 45.2 Å². The fourth-order valence-electron chi connectivity index (χ4n) is 2.31. The Balaban J connectivity index is 2.21. The maximum absolute atomic E-state index is 12.3. The van der Waals surface area contributed by atoms with Gasteiger partial charge in [-0.1, -0.05) is 11.8 Å². The summed E-state index contributed by atoms with van der Waals surface area (Å²) in [6.07, 6.45) is 6.43. The van der Waals surface area contributed by atoms with E-state index in [9.17, 15) is 9.59 Å². The van der Waals surface area contributed by atoms with Gasteiger partial charge < -0.3 is 15.2 Å². The van der Waals surface area contributed by atoms with E-state index >= 15 is 0 Å². The minimum absolute atomic E-state index is 0.111. The standard InChI is InChI=1S/C15H14N4O4S2/c1-22-9-5-7(6-10(23-2)11(9)20)4-8-12(16)19-14(17-13(8)21)25-18-15(19)24-3/h4-6H,16H2,1-3H3. The van der Waals surface area contributed by atoms with E-state index in [-0.39, 0.29) is 28.7 Å². The molecule has 8 nitrogen and oxygen atoms in total. The van der Waals surface area contributed by atoms with Crippen LogP contribution in [0.25, 0.3) is 11.0 Å². The lowest BCUT2D eigenvalue weighted by Gasteiger charge is -2.13. The maximum Gasteiger partial charge on any atom is 0.283 e. The van der Waals surface area contributed by atoms with Gasteiger partial charge in [0.05, 0.1) is 19.8 Å². The van der Waals surface area contributed by atoms with Crippen LogP contribution in [0.2, 0.25) is 0 Å². The number of ether oxygens (including phenoxy) is 2. The molecule has 3 rings (SSSR count). The minimum Gasteiger partial charge on any atom is -0.492 e. The lowest BCUT2D eigenvalue weighted by Crippen LogP contribution is -2.17. The van der Waals surface area contributed by atoms with Gasteiger partial charge in [0.25, 0.3) is 11.3 Å². The van der Waals surface area contributed by atoms with Crippen molar-refractivity contribution in [3.63, 3.8) is 0 Å². The fraction of sp³-hybridized carbons (Fsp3) is 0.200. The van der Waals surface area contributed by atoms with Gasteiger partial charge in [-0.15, -0.1) is 0 Å². The molecule has 1 aliphatic carbocycles. The number of nitrogen functional groups attached to an aromatic ring is 1. The summed E-state index contributed by atoms with van der Waals surface area (Å²) < 4.78 is 16.0. The predicted molar refractivity (Wildman–Crippen MR) is 96.5 cm³/mol. The van der Waals surface area contributed by atoms with Gasteiger partial charge in [0.15, 0.2) is 16.7 Å². The first-order valence-electron chi connectivity index (χ1n) is 6.99. The van der Waals surface area contributed by atoms with Gasteiger partial charge in [-0.3, -0.25) is 9.59 Å². The van der Waals surface area contributed by atoms with E-state index in [1.807, 2.05) is 6.26 Å². The molecule has 0 aliphatic heterocycles. The molecule has 2 aromatic rings. The molecule has 25 heavy (non-hydrogen) atoms. The molecule has 10 heteroatoms. The van der Waals surface area contributed by atoms with E-state index in [1.165, 1.54) is 38.1 Å². The number of ketones is 1. The maximum atomic E-state index is 12.3. The molecule has 0 atom stereocenters. The molecule has 130 valence electrons. The number of carbonyl (C=O) groups excluding carboxylic acids is 1. The number of allylic oxidation sites excluding steroid dienone is 3. The molecule has 0 bridgehead atoms. The number of carbonyl (C=O) groups is 1. The monoisotopic (exact) mass is 378 g/mol. The van der Waals surface area contributed by atoms with E-state index in [1.54, 1.807) is 10.5 Å². The first-order valence-corrected chi connectivity index (χ1v) is 8.99. The van der Waals surface area contributed by atoms with Gasteiger partial charge in [0.1, 0.15) is 5.82 Å². The number of nitrogens with two attached hydrogens (primary N) is 1. The molecule has 0 saturated heterocycles. The fourth-order valence-corrected chi connectivity index (χ4v) is 3.78. The number of hydrogen-bond acceptors (Lipinski definition) is 9. The van der Waals surface area contributed by atoms with Crippen LogP contribution in [0.1, 0.15) is 5.56 Å². The largest absolute Gasteiger partial charge is 0.492 e. The van der Waals surface area contributed by atoms with Crippen molar-refractivity contribution >= 4 is 45.9 Å². The molecule has 2 heterocycles. The highest BCUT2D eigenvalue weighted by Gasteiger charge is 2.22. The third-order valence-electron chi connectivity index (χ3n) is 3.51. The molecule has 0 amide bonds. The number of thioether (sulfide) groups is 1. The van der Waals surface area contributed by atoms with Gasteiger partial charge in [0.2, 0.25) is 4.96 Å². The van der Waals surface area contributed by atoms with Crippen LogP contribution in [0.15, 0.2) is 39.2 Å². The normalized spacial score (nSPS) is 14.4. The zero-order chi connectivity index (χ0) is 18.1. The average molecular weight is 378 g/mol. The van der Waals surface area contributed by atoms with E-state index in [4.69, 9.17) is 15.2 Å².